The van der Waals surface area contributed by atoms with Crippen LogP contribution < -0.4 is 4.90 Å². The van der Waals surface area contributed by atoms with Gasteiger partial charge in [-0.05, 0) is 34.3 Å². The van der Waals surface area contributed by atoms with Crippen LogP contribution in [-0.2, 0) is 0 Å². The summed E-state index contributed by atoms with van der Waals surface area (Å²) in [6.07, 6.45) is 5.01. The highest BCUT2D eigenvalue weighted by atomic mass is 79.9. The quantitative estimate of drug-likeness (QED) is 0.751. The van der Waals surface area contributed by atoms with E-state index in [1.165, 1.54) is 25.2 Å². The second kappa shape index (κ2) is 3.66. The lowest BCUT2D eigenvalue weighted by Crippen LogP contribution is -2.19. The Labute approximate surface area is 87.1 Å². The van der Waals surface area contributed by atoms with Crippen LogP contribution in [0.3, 0.4) is 0 Å². The molecule has 1 fully saturated rings. The monoisotopic (exact) mass is 240 g/mol. The molecule has 0 bridgehead atoms. The molecule has 1 aromatic rings. The maximum atomic E-state index is 4.06. The van der Waals surface area contributed by atoms with Gasteiger partial charge in [-0.1, -0.05) is 6.92 Å². The van der Waals surface area contributed by atoms with Crippen molar-refractivity contribution < 1.29 is 0 Å². The van der Waals surface area contributed by atoms with Crippen molar-refractivity contribution in [2.75, 3.05) is 18.0 Å². The van der Waals surface area contributed by atoms with Gasteiger partial charge >= 0.3 is 0 Å². The van der Waals surface area contributed by atoms with E-state index in [0.717, 1.165) is 10.4 Å². The molecule has 0 amide bonds. The summed E-state index contributed by atoms with van der Waals surface area (Å²) in [5.74, 6) is 0.820. The van der Waals surface area contributed by atoms with Crippen LogP contribution in [0.4, 0.5) is 5.69 Å². The lowest BCUT2D eigenvalue weighted by Gasteiger charge is -2.19. The molecule has 2 heterocycles. The van der Waals surface area contributed by atoms with Crippen molar-refractivity contribution in [1.29, 1.82) is 0 Å². The third-order valence-corrected chi connectivity index (χ3v) is 3.13. The fourth-order valence-corrected chi connectivity index (χ4v) is 2.28. The van der Waals surface area contributed by atoms with Crippen molar-refractivity contribution >= 4 is 21.6 Å². The predicted octanol–water partition coefficient (Wildman–Crippen LogP) is 2.69. The van der Waals surface area contributed by atoms with E-state index in [0.29, 0.717) is 0 Å². The van der Waals surface area contributed by atoms with Crippen LogP contribution in [0.2, 0.25) is 0 Å². The van der Waals surface area contributed by atoms with Crippen LogP contribution in [0.1, 0.15) is 13.3 Å². The zero-order valence-corrected chi connectivity index (χ0v) is 9.29. The summed E-state index contributed by atoms with van der Waals surface area (Å²) in [5.41, 5.74) is 1.28. The molecule has 1 aliphatic heterocycles. The topological polar surface area (TPSA) is 16.1 Å². The van der Waals surface area contributed by atoms with Gasteiger partial charge in [-0.3, -0.25) is 4.98 Å². The normalized spacial score (nSPS) is 22.3. The van der Waals surface area contributed by atoms with Crippen molar-refractivity contribution in [2.24, 2.45) is 5.92 Å². The smallest absolute Gasteiger partial charge is 0.0592 e. The molecule has 3 heteroatoms. The molecule has 1 aliphatic rings. The Morgan fingerprint density at radius 2 is 2.46 bits per heavy atom. The molecule has 1 atom stereocenters. The molecular weight excluding hydrogens is 228 g/mol. The molecule has 2 nitrogen and oxygen atoms in total. The zero-order valence-electron chi connectivity index (χ0n) is 7.70. The first-order valence-corrected chi connectivity index (χ1v) is 5.41. The number of nitrogens with zero attached hydrogens (tertiary/aromatic N) is 2. The summed E-state index contributed by atoms with van der Waals surface area (Å²) in [7, 11) is 0. The van der Waals surface area contributed by atoms with Crippen molar-refractivity contribution in [3.05, 3.63) is 22.9 Å². The number of anilines is 1. The summed E-state index contributed by atoms with van der Waals surface area (Å²) < 4.78 is 1.10. The van der Waals surface area contributed by atoms with Gasteiger partial charge in [0.25, 0.3) is 0 Å². The van der Waals surface area contributed by atoms with Gasteiger partial charge in [0.05, 0.1) is 10.2 Å². The molecule has 0 N–H and O–H groups in total. The van der Waals surface area contributed by atoms with E-state index in [9.17, 15) is 0 Å². The standard InChI is InChI=1S/C10H13BrN2/c1-8-3-5-13(7-8)10-2-4-12-6-9(10)11/h2,4,6,8H,3,5,7H2,1H3. The van der Waals surface area contributed by atoms with Crippen LogP contribution in [0, 0.1) is 5.92 Å². The Balaban J connectivity index is 2.21. The Bertz CT molecular complexity index is 301. The minimum atomic E-state index is 0.820. The maximum absolute atomic E-state index is 4.06. The van der Waals surface area contributed by atoms with Crippen LogP contribution in [0.5, 0.6) is 0 Å². The maximum Gasteiger partial charge on any atom is 0.0592 e. The van der Waals surface area contributed by atoms with Gasteiger partial charge in [-0.15, -0.1) is 0 Å². The van der Waals surface area contributed by atoms with E-state index in [2.05, 4.69) is 38.8 Å². The molecule has 2 rings (SSSR count). The van der Waals surface area contributed by atoms with Gasteiger partial charge < -0.3 is 4.90 Å². The van der Waals surface area contributed by atoms with Gasteiger partial charge in [0, 0.05) is 25.5 Å². The fourth-order valence-electron chi connectivity index (χ4n) is 1.78. The van der Waals surface area contributed by atoms with Crippen LogP contribution >= 0.6 is 15.9 Å². The number of pyridine rings is 1. The highest BCUT2D eigenvalue weighted by Crippen LogP contribution is 2.29. The summed E-state index contributed by atoms with van der Waals surface area (Å²) in [4.78, 5) is 6.47. The number of aromatic nitrogens is 1. The molecule has 0 radical (unpaired) electrons. The molecule has 0 aromatic carbocycles. The first kappa shape index (κ1) is 9.00. The van der Waals surface area contributed by atoms with Crippen molar-refractivity contribution in [3.8, 4) is 0 Å². The summed E-state index contributed by atoms with van der Waals surface area (Å²) in [6.45, 7) is 4.64. The number of halogens is 1. The average Bonchev–Trinajstić information content (AvgIpc) is 2.53. The fraction of sp³-hybridized carbons (Fsp3) is 0.500. The Hall–Kier alpha value is -0.570. The van der Waals surface area contributed by atoms with Gasteiger partial charge in [-0.2, -0.15) is 0 Å². The summed E-state index contributed by atoms with van der Waals surface area (Å²) in [5, 5.41) is 0. The highest BCUT2D eigenvalue weighted by Gasteiger charge is 2.20. The van der Waals surface area contributed by atoms with Gasteiger partial charge in [-0.25, -0.2) is 0 Å². The van der Waals surface area contributed by atoms with Crippen molar-refractivity contribution in [1.82, 2.24) is 4.98 Å². The SMILES string of the molecule is CC1CCN(c2ccncc2Br)C1. The molecule has 1 saturated heterocycles. The Morgan fingerprint density at radius 3 is 3.08 bits per heavy atom. The Morgan fingerprint density at radius 1 is 1.62 bits per heavy atom. The van der Waals surface area contributed by atoms with Crippen LogP contribution in [0.15, 0.2) is 22.9 Å². The largest absolute Gasteiger partial charge is 0.370 e. The minimum Gasteiger partial charge on any atom is -0.370 e. The molecule has 1 aromatic heterocycles. The van der Waals surface area contributed by atoms with Crippen molar-refractivity contribution in [3.63, 3.8) is 0 Å². The molecular formula is C10H13BrN2. The first-order valence-electron chi connectivity index (χ1n) is 4.62. The van der Waals surface area contributed by atoms with Gasteiger partial charge in [0.2, 0.25) is 0 Å². The molecule has 0 saturated carbocycles. The summed E-state index contributed by atoms with van der Waals surface area (Å²) in [6, 6.07) is 2.07. The second-order valence-corrected chi connectivity index (χ2v) is 4.52. The Kier molecular flexibility index (Phi) is 2.54. The third kappa shape index (κ3) is 1.85. The van der Waals surface area contributed by atoms with Gasteiger partial charge in [0.15, 0.2) is 0 Å². The van der Waals surface area contributed by atoms with E-state index < -0.39 is 0 Å². The molecule has 1 unspecified atom stereocenters. The highest BCUT2D eigenvalue weighted by molar-refractivity contribution is 9.10. The van der Waals surface area contributed by atoms with E-state index in [1.54, 1.807) is 0 Å². The predicted molar refractivity (Wildman–Crippen MR) is 57.9 cm³/mol. The number of rotatable bonds is 1. The zero-order chi connectivity index (χ0) is 9.26. The summed E-state index contributed by atoms with van der Waals surface area (Å²) >= 11 is 3.52. The molecule has 0 spiro atoms. The lowest BCUT2D eigenvalue weighted by molar-refractivity contribution is 0.659. The molecule has 70 valence electrons. The minimum absolute atomic E-state index is 0.820. The van der Waals surface area contributed by atoms with Crippen molar-refractivity contribution in [2.45, 2.75) is 13.3 Å². The van der Waals surface area contributed by atoms with E-state index in [-0.39, 0.29) is 0 Å². The number of hydrogen-bond acceptors (Lipinski definition) is 2. The van der Waals surface area contributed by atoms with E-state index >= 15 is 0 Å². The first-order chi connectivity index (χ1) is 6.27. The van der Waals surface area contributed by atoms with Gasteiger partial charge in [0.1, 0.15) is 0 Å². The van der Waals surface area contributed by atoms with E-state index in [4.69, 9.17) is 0 Å². The van der Waals surface area contributed by atoms with E-state index in [1.807, 2.05) is 12.4 Å². The molecule has 13 heavy (non-hydrogen) atoms. The lowest BCUT2D eigenvalue weighted by atomic mass is 10.2. The average molecular weight is 241 g/mol. The molecule has 0 aliphatic carbocycles. The van der Waals surface area contributed by atoms with Crippen LogP contribution in [-0.4, -0.2) is 18.1 Å². The number of hydrogen-bond donors (Lipinski definition) is 0. The second-order valence-electron chi connectivity index (χ2n) is 3.67. The third-order valence-electron chi connectivity index (χ3n) is 2.52. The van der Waals surface area contributed by atoms with Crippen LogP contribution in [0.25, 0.3) is 0 Å².